The number of nitrogens with zero attached hydrogens (tertiary/aromatic N) is 3. The molecule has 3 heterocycles. The molecule has 0 aromatic carbocycles. The minimum absolute atomic E-state index is 0.0734. The van der Waals surface area contributed by atoms with Crippen LogP contribution in [0.15, 0.2) is 23.5 Å². The fourth-order valence-electron chi connectivity index (χ4n) is 3.51. The van der Waals surface area contributed by atoms with Gasteiger partial charge in [0.25, 0.3) is 5.56 Å². The molecule has 0 atom stereocenters. The van der Waals surface area contributed by atoms with Crippen molar-refractivity contribution in [2.45, 2.75) is 25.8 Å². The van der Waals surface area contributed by atoms with Crippen LogP contribution >= 0.6 is 0 Å². The molecule has 0 aliphatic carbocycles. The topological polar surface area (TPSA) is 97.3 Å². The Labute approximate surface area is 145 Å². The molecule has 1 fully saturated rings. The van der Waals surface area contributed by atoms with Crippen LogP contribution in [-0.2, 0) is 22.6 Å². The molecule has 7 nitrogen and oxygen atoms in total. The standard InChI is InChI=1S/C18H20N4O3/c1-2-16(23)21-6-3-12(4-7-21)18(25)22-8-5-15-14(11-22)9-13(10-19)17(24)20-15/h2,9,12H,1,3-8,11H2,(H,20,24). The lowest BCUT2D eigenvalue weighted by molar-refractivity contribution is -0.140. The Kier molecular flexibility index (Phi) is 4.70. The third-order valence-electron chi connectivity index (χ3n) is 4.97. The highest BCUT2D eigenvalue weighted by Crippen LogP contribution is 2.24. The van der Waals surface area contributed by atoms with Gasteiger partial charge in [0.1, 0.15) is 11.6 Å². The number of amides is 2. The molecule has 2 amide bonds. The van der Waals surface area contributed by atoms with Gasteiger partial charge >= 0.3 is 0 Å². The van der Waals surface area contributed by atoms with Gasteiger partial charge in [-0.1, -0.05) is 6.58 Å². The maximum Gasteiger partial charge on any atom is 0.266 e. The van der Waals surface area contributed by atoms with Gasteiger partial charge in [0, 0.05) is 44.2 Å². The van der Waals surface area contributed by atoms with E-state index in [1.165, 1.54) is 6.08 Å². The van der Waals surface area contributed by atoms with Crippen molar-refractivity contribution in [1.82, 2.24) is 14.8 Å². The van der Waals surface area contributed by atoms with Crippen LogP contribution < -0.4 is 5.56 Å². The first-order chi connectivity index (χ1) is 12.0. The number of aromatic amines is 1. The zero-order valence-electron chi connectivity index (χ0n) is 14.0. The molecule has 0 bridgehead atoms. The normalized spacial score (nSPS) is 17.6. The largest absolute Gasteiger partial charge is 0.339 e. The first kappa shape index (κ1) is 17.0. The van der Waals surface area contributed by atoms with Gasteiger partial charge in [-0.25, -0.2) is 0 Å². The molecule has 0 saturated carbocycles. The molecule has 1 aromatic heterocycles. The Bertz CT molecular complexity index is 813. The van der Waals surface area contributed by atoms with Gasteiger partial charge in [0.2, 0.25) is 11.8 Å². The van der Waals surface area contributed by atoms with Gasteiger partial charge in [-0.2, -0.15) is 5.26 Å². The number of hydrogen-bond acceptors (Lipinski definition) is 4. The fraction of sp³-hybridized carbons (Fsp3) is 0.444. The Morgan fingerprint density at radius 3 is 2.64 bits per heavy atom. The molecule has 1 aromatic rings. The monoisotopic (exact) mass is 340 g/mol. The predicted octanol–water partition coefficient (Wildman–Crippen LogP) is 0.556. The first-order valence-electron chi connectivity index (χ1n) is 8.38. The van der Waals surface area contributed by atoms with E-state index in [0.29, 0.717) is 45.4 Å². The van der Waals surface area contributed by atoms with Crippen molar-refractivity contribution in [3.8, 4) is 6.07 Å². The lowest BCUT2D eigenvalue weighted by Crippen LogP contribution is -2.45. The minimum Gasteiger partial charge on any atom is -0.339 e. The van der Waals surface area contributed by atoms with E-state index in [1.54, 1.807) is 15.9 Å². The molecule has 0 radical (unpaired) electrons. The molecule has 25 heavy (non-hydrogen) atoms. The average molecular weight is 340 g/mol. The molecule has 2 aliphatic rings. The van der Waals surface area contributed by atoms with E-state index in [4.69, 9.17) is 5.26 Å². The van der Waals surface area contributed by atoms with Crippen molar-refractivity contribution in [3.63, 3.8) is 0 Å². The highest BCUT2D eigenvalue weighted by atomic mass is 16.2. The van der Waals surface area contributed by atoms with Gasteiger partial charge in [0.05, 0.1) is 0 Å². The fourth-order valence-corrected chi connectivity index (χ4v) is 3.51. The maximum atomic E-state index is 12.8. The minimum atomic E-state index is -0.375. The molecule has 3 rings (SSSR count). The molecule has 130 valence electrons. The molecular formula is C18H20N4O3. The van der Waals surface area contributed by atoms with E-state index in [9.17, 15) is 14.4 Å². The Morgan fingerprint density at radius 1 is 1.28 bits per heavy atom. The quantitative estimate of drug-likeness (QED) is 0.795. The van der Waals surface area contributed by atoms with Crippen molar-refractivity contribution < 1.29 is 9.59 Å². The number of likely N-dealkylation sites (tertiary alicyclic amines) is 1. The second-order valence-corrected chi connectivity index (χ2v) is 6.44. The second-order valence-electron chi connectivity index (χ2n) is 6.44. The molecule has 1 saturated heterocycles. The highest BCUT2D eigenvalue weighted by molar-refractivity contribution is 5.87. The summed E-state index contributed by atoms with van der Waals surface area (Å²) in [6.45, 7) is 5.59. The van der Waals surface area contributed by atoms with Crippen LogP contribution in [0.4, 0.5) is 0 Å². The zero-order valence-corrected chi connectivity index (χ0v) is 14.0. The molecule has 7 heteroatoms. The van der Waals surface area contributed by atoms with Crippen LogP contribution in [0.5, 0.6) is 0 Å². The lowest BCUT2D eigenvalue weighted by Gasteiger charge is -2.35. The summed E-state index contributed by atoms with van der Waals surface area (Å²) in [5.41, 5.74) is 1.33. The van der Waals surface area contributed by atoms with Crippen molar-refractivity contribution >= 4 is 11.8 Å². The van der Waals surface area contributed by atoms with Crippen molar-refractivity contribution in [2.75, 3.05) is 19.6 Å². The number of hydrogen-bond donors (Lipinski definition) is 1. The number of piperidine rings is 1. The summed E-state index contributed by atoms with van der Waals surface area (Å²) in [4.78, 5) is 42.4. The first-order valence-corrected chi connectivity index (χ1v) is 8.38. The Balaban J connectivity index is 1.67. The van der Waals surface area contributed by atoms with E-state index in [0.717, 1.165) is 11.3 Å². The van der Waals surface area contributed by atoms with Crippen LogP contribution in [-0.4, -0.2) is 46.2 Å². The third kappa shape index (κ3) is 3.33. The Hall–Kier alpha value is -2.88. The highest BCUT2D eigenvalue weighted by Gasteiger charge is 2.31. The lowest BCUT2D eigenvalue weighted by atomic mass is 9.93. The molecule has 0 spiro atoms. The number of H-pyrrole nitrogens is 1. The molecular weight excluding hydrogens is 320 g/mol. The molecule has 0 unspecified atom stereocenters. The summed E-state index contributed by atoms with van der Waals surface area (Å²) in [5, 5.41) is 9.00. The van der Waals surface area contributed by atoms with Crippen molar-refractivity contribution in [1.29, 1.82) is 5.26 Å². The average Bonchev–Trinajstić information content (AvgIpc) is 2.66. The molecule has 1 N–H and O–H groups in total. The van der Waals surface area contributed by atoms with E-state index in [1.807, 2.05) is 6.07 Å². The zero-order chi connectivity index (χ0) is 18.0. The van der Waals surface area contributed by atoms with Crippen molar-refractivity contribution in [3.05, 3.63) is 45.9 Å². The van der Waals surface area contributed by atoms with E-state index < -0.39 is 0 Å². The van der Waals surface area contributed by atoms with E-state index in [2.05, 4.69) is 11.6 Å². The maximum absolute atomic E-state index is 12.8. The van der Waals surface area contributed by atoms with Gasteiger partial charge in [0.15, 0.2) is 0 Å². The summed E-state index contributed by atoms with van der Waals surface area (Å²) in [6.07, 6.45) is 3.18. The number of aromatic nitrogens is 1. The SMILES string of the molecule is C=CC(=O)N1CCC(C(=O)N2CCc3[nH]c(=O)c(C#N)cc3C2)CC1. The summed E-state index contributed by atoms with van der Waals surface area (Å²) in [7, 11) is 0. The number of carbonyl (C=O) groups is 2. The number of pyridine rings is 1. The number of rotatable bonds is 2. The number of fused-ring (bicyclic) bond motifs is 1. The van der Waals surface area contributed by atoms with Crippen molar-refractivity contribution in [2.24, 2.45) is 5.92 Å². The summed E-state index contributed by atoms with van der Waals surface area (Å²) in [6, 6.07) is 3.46. The van der Waals surface area contributed by atoms with Gasteiger partial charge in [-0.15, -0.1) is 0 Å². The number of nitriles is 1. The van der Waals surface area contributed by atoms with Crippen LogP contribution in [0, 0.1) is 17.2 Å². The van der Waals surface area contributed by atoms with E-state index >= 15 is 0 Å². The van der Waals surface area contributed by atoms with Crippen LogP contribution in [0.2, 0.25) is 0 Å². The number of nitrogens with one attached hydrogen (secondary N) is 1. The second kappa shape index (κ2) is 6.93. The van der Waals surface area contributed by atoms with Gasteiger partial charge < -0.3 is 14.8 Å². The molecule has 2 aliphatic heterocycles. The predicted molar refractivity (Wildman–Crippen MR) is 90.4 cm³/mol. The van der Waals surface area contributed by atoms with Gasteiger partial charge in [-0.05, 0) is 30.5 Å². The Morgan fingerprint density at radius 2 is 2.00 bits per heavy atom. The third-order valence-corrected chi connectivity index (χ3v) is 4.97. The summed E-state index contributed by atoms with van der Waals surface area (Å²) in [5.74, 6) is -0.0968. The van der Waals surface area contributed by atoms with Crippen LogP contribution in [0.3, 0.4) is 0 Å². The van der Waals surface area contributed by atoms with Crippen LogP contribution in [0.25, 0.3) is 0 Å². The van der Waals surface area contributed by atoms with Gasteiger partial charge in [-0.3, -0.25) is 14.4 Å². The smallest absolute Gasteiger partial charge is 0.266 e. The number of carbonyl (C=O) groups excluding carboxylic acids is 2. The summed E-state index contributed by atoms with van der Waals surface area (Å²) < 4.78 is 0. The summed E-state index contributed by atoms with van der Waals surface area (Å²) >= 11 is 0. The van der Waals surface area contributed by atoms with Crippen LogP contribution in [0.1, 0.15) is 29.7 Å². The van der Waals surface area contributed by atoms with E-state index in [-0.39, 0.29) is 28.9 Å².